The molecular weight excluding hydrogens is 222 g/mol. The first-order valence-electron chi connectivity index (χ1n) is 5.03. The molecule has 15 heavy (non-hydrogen) atoms. The number of thiazole rings is 1. The maximum Gasteiger partial charge on any atom is 0.150 e. The van der Waals surface area contributed by atoms with Crippen molar-refractivity contribution in [1.82, 2.24) is 4.98 Å². The second-order valence-corrected chi connectivity index (χ2v) is 5.97. The molecule has 1 aromatic heterocycles. The van der Waals surface area contributed by atoms with Crippen molar-refractivity contribution >= 4 is 33.3 Å². The highest BCUT2D eigenvalue weighted by Crippen LogP contribution is 2.27. The van der Waals surface area contributed by atoms with Crippen molar-refractivity contribution in [3.05, 3.63) is 24.3 Å². The van der Waals surface area contributed by atoms with Gasteiger partial charge in [0.1, 0.15) is 0 Å². The molecule has 0 amide bonds. The summed E-state index contributed by atoms with van der Waals surface area (Å²) >= 11 is 3.45. The number of hydrogen-bond acceptors (Lipinski definition) is 3. The molecule has 0 saturated carbocycles. The van der Waals surface area contributed by atoms with Crippen molar-refractivity contribution in [3.8, 4) is 0 Å². The molecule has 0 bridgehead atoms. The quantitative estimate of drug-likeness (QED) is 0.670. The van der Waals surface area contributed by atoms with Gasteiger partial charge in [0.2, 0.25) is 0 Å². The normalized spacial score (nSPS) is 10.2. The lowest BCUT2D eigenvalue weighted by Crippen LogP contribution is -1.66. The monoisotopic (exact) mass is 239 g/mol. The number of thioether (sulfide) groups is 1. The molecule has 0 saturated heterocycles. The van der Waals surface area contributed by atoms with Gasteiger partial charge < -0.3 is 0 Å². The number of hydrogen-bond donors (Lipinski definition) is 0. The number of nitrogens with zero attached hydrogens (tertiary/aromatic N) is 1. The molecule has 2 rings (SSSR count). The Bertz CT molecular complexity index is 371. The average Bonchev–Trinajstić information content (AvgIpc) is 2.59. The first-order chi connectivity index (χ1) is 7.13. The number of aromatic nitrogens is 1. The maximum absolute atomic E-state index is 4.41. The Labute approximate surface area is 99.9 Å². The molecule has 0 unspecified atom stereocenters. The van der Waals surface area contributed by atoms with Gasteiger partial charge in [-0.25, -0.2) is 4.98 Å². The van der Waals surface area contributed by atoms with E-state index in [0.717, 1.165) is 15.8 Å². The second-order valence-electron chi connectivity index (χ2n) is 3.88. The van der Waals surface area contributed by atoms with Crippen LogP contribution in [0.25, 0.3) is 10.2 Å². The Hall–Kier alpha value is -0.540. The molecule has 0 N–H and O–H groups in total. The van der Waals surface area contributed by atoms with Crippen LogP contribution in [0.15, 0.2) is 28.6 Å². The van der Waals surface area contributed by atoms with Gasteiger partial charge in [-0.2, -0.15) is 0 Å². The standard InChI is InChI=1S/C8H7NS2.C4H10/c1-10-8-9-6-4-2-3-5-7(6)11-8;1-4(2)3/h2-5H,1H3;4H,1-3H3. The van der Waals surface area contributed by atoms with Crippen molar-refractivity contribution in [2.24, 2.45) is 5.92 Å². The number of fused-ring (bicyclic) bond motifs is 1. The minimum absolute atomic E-state index is 0.833. The van der Waals surface area contributed by atoms with Crippen LogP contribution in [0.1, 0.15) is 20.8 Å². The van der Waals surface area contributed by atoms with Gasteiger partial charge in [0.15, 0.2) is 4.34 Å². The van der Waals surface area contributed by atoms with E-state index in [1.165, 1.54) is 4.70 Å². The smallest absolute Gasteiger partial charge is 0.150 e. The number of para-hydroxylation sites is 1. The van der Waals surface area contributed by atoms with Crippen molar-refractivity contribution in [2.45, 2.75) is 25.1 Å². The van der Waals surface area contributed by atoms with Crippen LogP contribution in [-0.4, -0.2) is 11.2 Å². The fraction of sp³-hybridized carbons (Fsp3) is 0.417. The van der Waals surface area contributed by atoms with Crippen LogP contribution >= 0.6 is 23.1 Å². The summed E-state index contributed by atoms with van der Waals surface area (Å²) in [6.45, 7) is 6.50. The van der Waals surface area contributed by atoms with E-state index >= 15 is 0 Å². The molecule has 0 atom stereocenters. The van der Waals surface area contributed by atoms with Gasteiger partial charge in [0.05, 0.1) is 10.2 Å². The first kappa shape index (κ1) is 12.5. The molecule has 1 nitrogen and oxygen atoms in total. The molecule has 2 aromatic rings. The van der Waals surface area contributed by atoms with Crippen LogP contribution < -0.4 is 0 Å². The second kappa shape index (κ2) is 6.13. The van der Waals surface area contributed by atoms with Crippen LogP contribution in [0.5, 0.6) is 0 Å². The highest BCUT2D eigenvalue weighted by atomic mass is 32.2. The van der Waals surface area contributed by atoms with Gasteiger partial charge in [-0.1, -0.05) is 44.7 Å². The van der Waals surface area contributed by atoms with Gasteiger partial charge in [-0.3, -0.25) is 0 Å². The molecule has 0 aliphatic rings. The van der Waals surface area contributed by atoms with Gasteiger partial charge in [-0.15, -0.1) is 11.3 Å². The third-order valence-corrected chi connectivity index (χ3v) is 3.47. The van der Waals surface area contributed by atoms with Crippen molar-refractivity contribution in [3.63, 3.8) is 0 Å². The molecule has 1 heterocycles. The number of rotatable bonds is 1. The zero-order valence-corrected chi connectivity index (χ0v) is 11.3. The Balaban J connectivity index is 0.000000245. The maximum atomic E-state index is 4.41. The highest BCUT2D eigenvalue weighted by molar-refractivity contribution is 8.00. The minimum Gasteiger partial charge on any atom is -0.230 e. The van der Waals surface area contributed by atoms with Crippen molar-refractivity contribution in [1.29, 1.82) is 0 Å². The third kappa shape index (κ3) is 4.22. The Morgan fingerprint density at radius 2 is 1.80 bits per heavy atom. The Kier molecular flexibility index (Phi) is 5.12. The third-order valence-electron chi connectivity index (χ3n) is 1.45. The predicted molar refractivity (Wildman–Crippen MR) is 71.9 cm³/mol. The summed E-state index contributed by atoms with van der Waals surface area (Å²) in [5.74, 6) is 0.833. The average molecular weight is 239 g/mol. The zero-order chi connectivity index (χ0) is 11.3. The van der Waals surface area contributed by atoms with E-state index < -0.39 is 0 Å². The molecule has 3 heteroatoms. The van der Waals surface area contributed by atoms with Gasteiger partial charge in [-0.05, 0) is 24.3 Å². The van der Waals surface area contributed by atoms with Crippen molar-refractivity contribution in [2.75, 3.05) is 6.26 Å². The predicted octanol–water partition coefficient (Wildman–Crippen LogP) is 4.68. The lowest BCUT2D eigenvalue weighted by molar-refractivity contribution is 0.737. The largest absolute Gasteiger partial charge is 0.230 e. The first-order valence-corrected chi connectivity index (χ1v) is 7.07. The van der Waals surface area contributed by atoms with E-state index in [2.05, 4.69) is 38.1 Å². The molecular formula is C12H17NS2. The molecule has 0 fully saturated rings. The molecule has 0 radical (unpaired) electrons. The summed E-state index contributed by atoms with van der Waals surface area (Å²) in [5.41, 5.74) is 1.11. The summed E-state index contributed by atoms with van der Waals surface area (Å²) in [7, 11) is 0. The topological polar surface area (TPSA) is 12.9 Å². The fourth-order valence-electron chi connectivity index (χ4n) is 0.938. The van der Waals surface area contributed by atoms with Crippen LogP contribution in [-0.2, 0) is 0 Å². The van der Waals surface area contributed by atoms with Crippen LogP contribution in [0.3, 0.4) is 0 Å². The molecule has 82 valence electrons. The number of benzene rings is 1. The Morgan fingerprint density at radius 3 is 2.33 bits per heavy atom. The molecule has 0 aliphatic heterocycles. The molecule has 0 aliphatic carbocycles. The van der Waals surface area contributed by atoms with E-state index in [1.54, 1.807) is 23.1 Å². The lowest BCUT2D eigenvalue weighted by Gasteiger charge is -1.80. The summed E-state index contributed by atoms with van der Waals surface area (Å²) < 4.78 is 2.42. The summed E-state index contributed by atoms with van der Waals surface area (Å²) in [6, 6.07) is 8.22. The van der Waals surface area contributed by atoms with Crippen LogP contribution in [0.2, 0.25) is 0 Å². The summed E-state index contributed by atoms with van der Waals surface area (Å²) in [6.07, 6.45) is 2.05. The van der Waals surface area contributed by atoms with E-state index in [-0.39, 0.29) is 0 Å². The van der Waals surface area contributed by atoms with Crippen LogP contribution in [0, 0.1) is 5.92 Å². The van der Waals surface area contributed by atoms with Crippen LogP contribution in [0.4, 0.5) is 0 Å². The van der Waals surface area contributed by atoms with Gasteiger partial charge >= 0.3 is 0 Å². The van der Waals surface area contributed by atoms with E-state index in [9.17, 15) is 0 Å². The summed E-state index contributed by atoms with van der Waals surface area (Å²) in [4.78, 5) is 4.41. The van der Waals surface area contributed by atoms with E-state index in [1.807, 2.05) is 18.2 Å². The summed E-state index contributed by atoms with van der Waals surface area (Å²) in [5, 5.41) is 0. The lowest BCUT2D eigenvalue weighted by atomic mass is 10.3. The Morgan fingerprint density at radius 1 is 1.20 bits per heavy atom. The van der Waals surface area contributed by atoms with Gasteiger partial charge in [0, 0.05) is 0 Å². The SMILES string of the molecule is CC(C)C.CSc1nc2ccccc2s1. The van der Waals surface area contributed by atoms with Gasteiger partial charge in [0.25, 0.3) is 0 Å². The fourth-order valence-corrected chi connectivity index (χ4v) is 2.43. The minimum atomic E-state index is 0.833. The zero-order valence-electron chi connectivity index (χ0n) is 9.65. The van der Waals surface area contributed by atoms with E-state index in [0.29, 0.717) is 0 Å². The highest BCUT2D eigenvalue weighted by Gasteiger charge is 1.99. The van der Waals surface area contributed by atoms with Crippen molar-refractivity contribution < 1.29 is 0 Å². The molecule has 0 spiro atoms. The molecule has 1 aromatic carbocycles. The van der Waals surface area contributed by atoms with E-state index in [4.69, 9.17) is 0 Å².